The fraction of sp³-hybridized carbons (Fsp3) is 0.429. The van der Waals surface area contributed by atoms with E-state index in [0.29, 0.717) is 6.61 Å². The summed E-state index contributed by atoms with van der Waals surface area (Å²) in [4.78, 5) is 0. The minimum absolute atomic E-state index is 0.0116. The smallest absolute Gasteiger partial charge is 0.161 e. The van der Waals surface area contributed by atoms with Crippen LogP contribution in [0.1, 0.15) is 31.4 Å². The number of nitrogens with two attached hydrogens (primary N) is 1. The molecule has 0 aromatic heterocycles. The summed E-state index contributed by atoms with van der Waals surface area (Å²) in [5, 5.41) is 0. The summed E-state index contributed by atoms with van der Waals surface area (Å²) >= 11 is 0. The average Bonchev–Trinajstić information content (AvgIpc) is 2.36. The zero-order valence-corrected chi connectivity index (χ0v) is 10.6. The maximum Gasteiger partial charge on any atom is 0.161 e. The number of hydrogen-bond acceptors (Lipinski definition) is 3. The summed E-state index contributed by atoms with van der Waals surface area (Å²) in [5.41, 5.74) is 7.15. The molecule has 94 valence electrons. The number of rotatable bonds is 7. The Balaban J connectivity index is 2.84. The van der Waals surface area contributed by atoms with Crippen LogP contribution in [0.25, 0.3) is 0 Å². The molecule has 0 heterocycles. The van der Waals surface area contributed by atoms with E-state index < -0.39 is 0 Å². The van der Waals surface area contributed by atoms with Crippen molar-refractivity contribution < 1.29 is 9.47 Å². The van der Waals surface area contributed by atoms with Gasteiger partial charge < -0.3 is 15.2 Å². The van der Waals surface area contributed by atoms with Gasteiger partial charge in [0.05, 0.1) is 13.7 Å². The molecule has 0 bridgehead atoms. The van der Waals surface area contributed by atoms with Crippen LogP contribution in [0.5, 0.6) is 11.5 Å². The third-order valence-corrected chi connectivity index (χ3v) is 2.60. The van der Waals surface area contributed by atoms with Crippen LogP contribution in [0.4, 0.5) is 0 Å². The lowest BCUT2D eigenvalue weighted by atomic mass is 10.0. The van der Waals surface area contributed by atoms with Gasteiger partial charge in [-0.2, -0.15) is 0 Å². The third-order valence-electron chi connectivity index (χ3n) is 2.60. The standard InChI is InChI=1S/C14H21NO2/c1-4-6-7-12(15)11-8-9-13(17-5-2)14(10-11)16-3/h4,8-10,12H,1,5-7,15H2,2-3H3/t12-/m1/s1. The van der Waals surface area contributed by atoms with Gasteiger partial charge in [0.25, 0.3) is 0 Å². The molecule has 0 aliphatic rings. The van der Waals surface area contributed by atoms with Crippen molar-refractivity contribution in [2.45, 2.75) is 25.8 Å². The van der Waals surface area contributed by atoms with E-state index in [9.17, 15) is 0 Å². The van der Waals surface area contributed by atoms with Crippen molar-refractivity contribution in [2.24, 2.45) is 5.73 Å². The van der Waals surface area contributed by atoms with E-state index >= 15 is 0 Å². The Bertz CT molecular complexity index is 363. The molecule has 0 saturated carbocycles. The molecule has 2 N–H and O–H groups in total. The van der Waals surface area contributed by atoms with E-state index in [1.165, 1.54) is 0 Å². The van der Waals surface area contributed by atoms with E-state index in [-0.39, 0.29) is 6.04 Å². The van der Waals surface area contributed by atoms with Gasteiger partial charge >= 0.3 is 0 Å². The minimum atomic E-state index is 0.0116. The predicted molar refractivity (Wildman–Crippen MR) is 70.5 cm³/mol. The largest absolute Gasteiger partial charge is 0.493 e. The Morgan fingerprint density at radius 2 is 2.18 bits per heavy atom. The van der Waals surface area contributed by atoms with Gasteiger partial charge in [0, 0.05) is 6.04 Å². The highest BCUT2D eigenvalue weighted by Crippen LogP contribution is 2.30. The Hall–Kier alpha value is -1.48. The molecule has 17 heavy (non-hydrogen) atoms. The fourth-order valence-electron chi connectivity index (χ4n) is 1.65. The van der Waals surface area contributed by atoms with E-state index in [2.05, 4.69) is 6.58 Å². The molecule has 0 aliphatic carbocycles. The monoisotopic (exact) mass is 235 g/mol. The second-order valence-electron chi connectivity index (χ2n) is 3.82. The fourth-order valence-corrected chi connectivity index (χ4v) is 1.65. The SMILES string of the molecule is C=CCC[C@@H](N)c1ccc(OCC)c(OC)c1. The van der Waals surface area contributed by atoms with Gasteiger partial charge in [0.2, 0.25) is 0 Å². The molecule has 3 nitrogen and oxygen atoms in total. The van der Waals surface area contributed by atoms with Crippen LogP contribution in [-0.4, -0.2) is 13.7 Å². The quantitative estimate of drug-likeness (QED) is 0.739. The topological polar surface area (TPSA) is 44.5 Å². The molecule has 1 aromatic carbocycles. The van der Waals surface area contributed by atoms with Gasteiger partial charge in [0.15, 0.2) is 11.5 Å². The molecule has 0 radical (unpaired) electrons. The summed E-state index contributed by atoms with van der Waals surface area (Å²) in [5.74, 6) is 1.49. The number of ether oxygens (including phenoxy) is 2. The van der Waals surface area contributed by atoms with Crippen LogP contribution < -0.4 is 15.2 Å². The summed E-state index contributed by atoms with van der Waals surface area (Å²) in [6.07, 6.45) is 3.68. The van der Waals surface area contributed by atoms with Crippen LogP contribution in [-0.2, 0) is 0 Å². The van der Waals surface area contributed by atoms with Gasteiger partial charge in [-0.1, -0.05) is 12.1 Å². The minimum Gasteiger partial charge on any atom is -0.493 e. The first-order chi connectivity index (χ1) is 8.22. The molecular formula is C14H21NO2. The Kier molecular flexibility index (Phi) is 5.57. The number of allylic oxidation sites excluding steroid dienone is 1. The van der Waals surface area contributed by atoms with Gasteiger partial charge in [0.1, 0.15) is 0 Å². The van der Waals surface area contributed by atoms with E-state index in [0.717, 1.165) is 29.9 Å². The number of hydrogen-bond donors (Lipinski definition) is 1. The van der Waals surface area contributed by atoms with Gasteiger partial charge in [-0.25, -0.2) is 0 Å². The van der Waals surface area contributed by atoms with Crippen molar-refractivity contribution in [2.75, 3.05) is 13.7 Å². The second-order valence-corrected chi connectivity index (χ2v) is 3.82. The molecule has 3 heteroatoms. The molecule has 0 aliphatic heterocycles. The van der Waals surface area contributed by atoms with Gasteiger partial charge in [-0.15, -0.1) is 6.58 Å². The average molecular weight is 235 g/mol. The van der Waals surface area contributed by atoms with Crippen molar-refractivity contribution in [3.8, 4) is 11.5 Å². The number of benzene rings is 1. The van der Waals surface area contributed by atoms with Crippen molar-refractivity contribution in [3.63, 3.8) is 0 Å². The molecule has 0 spiro atoms. The van der Waals surface area contributed by atoms with Crippen molar-refractivity contribution in [3.05, 3.63) is 36.4 Å². The molecule has 1 atom stereocenters. The van der Waals surface area contributed by atoms with Crippen LogP contribution in [0.15, 0.2) is 30.9 Å². The highest BCUT2D eigenvalue weighted by atomic mass is 16.5. The van der Waals surface area contributed by atoms with Crippen LogP contribution in [0.2, 0.25) is 0 Å². The Labute approximate surface area is 103 Å². The summed E-state index contributed by atoms with van der Waals surface area (Å²) in [6, 6.07) is 5.85. The normalized spacial score (nSPS) is 11.9. The van der Waals surface area contributed by atoms with Crippen LogP contribution >= 0.6 is 0 Å². The van der Waals surface area contributed by atoms with E-state index in [1.807, 2.05) is 31.2 Å². The third kappa shape index (κ3) is 3.79. The number of methoxy groups -OCH3 is 1. The summed E-state index contributed by atoms with van der Waals surface area (Å²) in [6.45, 7) is 6.27. The molecule has 0 unspecified atom stereocenters. The van der Waals surface area contributed by atoms with E-state index in [1.54, 1.807) is 7.11 Å². The van der Waals surface area contributed by atoms with Gasteiger partial charge in [-0.3, -0.25) is 0 Å². The Morgan fingerprint density at radius 1 is 1.41 bits per heavy atom. The Morgan fingerprint density at radius 3 is 2.76 bits per heavy atom. The molecule has 0 saturated heterocycles. The van der Waals surface area contributed by atoms with Crippen molar-refractivity contribution in [1.82, 2.24) is 0 Å². The lowest BCUT2D eigenvalue weighted by Crippen LogP contribution is -2.10. The zero-order chi connectivity index (χ0) is 12.7. The molecule has 1 rings (SSSR count). The van der Waals surface area contributed by atoms with Crippen molar-refractivity contribution in [1.29, 1.82) is 0 Å². The van der Waals surface area contributed by atoms with Gasteiger partial charge in [-0.05, 0) is 37.5 Å². The van der Waals surface area contributed by atoms with Crippen LogP contribution in [0, 0.1) is 0 Å². The maximum absolute atomic E-state index is 6.08. The molecule has 1 aromatic rings. The van der Waals surface area contributed by atoms with E-state index in [4.69, 9.17) is 15.2 Å². The maximum atomic E-state index is 6.08. The highest BCUT2D eigenvalue weighted by Gasteiger charge is 2.10. The summed E-state index contributed by atoms with van der Waals surface area (Å²) < 4.78 is 10.8. The first-order valence-electron chi connectivity index (χ1n) is 5.90. The molecule has 0 amide bonds. The zero-order valence-electron chi connectivity index (χ0n) is 10.6. The lowest BCUT2D eigenvalue weighted by Gasteiger charge is -2.14. The van der Waals surface area contributed by atoms with Crippen LogP contribution in [0.3, 0.4) is 0 Å². The lowest BCUT2D eigenvalue weighted by molar-refractivity contribution is 0.310. The first-order valence-corrected chi connectivity index (χ1v) is 5.90. The second kappa shape index (κ2) is 6.97. The van der Waals surface area contributed by atoms with Crippen molar-refractivity contribution >= 4 is 0 Å². The first kappa shape index (κ1) is 13.6. The molecule has 0 fully saturated rings. The molecular weight excluding hydrogens is 214 g/mol. The summed E-state index contributed by atoms with van der Waals surface area (Å²) in [7, 11) is 1.64. The highest BCUT2D eigenvalue weighted by molar-refractivity contribution is 5.43. The predicted octanol–water partition coefficient (Wildman–Crippen LogP) is 3.06.